The number of rotatable bonds is 5. The lowest BCUT2D eigenvalue weighted by molar-refractivity contribution is 0.609. The first kappa shape index (κ1) is 16.4. The average molecular weight is 315 g/mol. The third-order valence-corrected chi connectivity index (χ3v) is 3.15. The second-order valence-corrected chi connectivity index (χ2v) is 4.77. The summed E-state index contributed by atoms with van der Waals surface area (Å²) in [7, 11) is 1.80. The van der Waals surface area contributed by atoms with E-state index in [4.69, 9.17) is 5.26 Å². The van der Waals surface area contributed by atoms with Gasteiger partial charge in [0.2, 0.25) is 0 Å². The van der Waals surface area contributed by atoms with E-state index in [0.717, 1.165) is 5.82 Å². The van der Waals surface area contributed by atoms with Gasteiger partial charge in [-0.25, -0.2) is 14.4 Å². The Morgan fingerprint density at radius 1 is 1.43 bits per heavy atom. The number of aliphatic imine (C=N–C) groups is 1. The minimum absolute atomic E-state index is 0.134. The minimum Gasteiger partial charge on any atom is -0.357 e. The van der Waals surface area contributed by atoms with E-state index in [2.05, 4.69) is 25.7 Å². The molecule has 8 heteroatoms. The Balaban J connectivity index is 2.06. The largest absolute Gasteiger partial charge is 0.357 e. The molecular formula is C15H18FN7. The number of aryl methyl sites for hydroxylation is 1. The molecule has 23 heavy (non-hydrogen) atoms. The summed E-state index contributed by atoms with van der Waals surface area (Å²) in [6, 6.07) is 6.22. The van der Waals surface area contributed by atoms with Crippen LogP contribution in [-0.4, -0.2) is 27.3 Å². The molecule has 0 spiro atoms. The van der Waals surface area contributed by atoms with Crippen molar-refractivity contribution in [2.75, 3.05) is 6.54 Å². The van der Waals surface area contributed by atoms with Gasteiger partial charge in [-0.1, -0.05) is 0 Å². The van der Waals surface area contributed by atoms with E-state index in [1.54, 1.807) is 11.7 Å². The Bertz CT molecular complexity index is 730. The van der Waals surface area contributed by atoms with Crippen molar-refractivity contribution >= 4 is 5.96 Å². The molecule has 0 saturated carbocycles. The SMILES string of the molecule is CCNC(=NCc1cc(C#N)ccc1F)NCc1ncnn1C. The van der Waals surface area contributed by atoms with Crippen LogP contribution in [0.25, 0.3) is 0 Å². The van der Waals surface area contributed by atoms with E-state index in [9.17, 15) is 4.39 Å². The fourth-order valence-electron chi connectivity index (χ4n) is 1.91. The Labute approximate surface area is 133 Å². The smallest absolute Gasteiger partial charge is 0.191 e. The van der Waals surface area contributed by atoms with Gasteiger partial charge in [-0.05, 0) is 25.1 Å². The molecule has 0 amide bonds. The van der Waals surface area contributed by atoms with Gasteiger partial charge in [-0.2, -0.15) is 10.4 Å². The lowest BCUT2D eigenvalue weighted by Crippen LogP contribution is -2.37. The summed E-state index contributed by atoms with van der Waals surface area (Å²) in [6.45, 7) is 3.19. The van der Waals surface area contributed by atoms with Gasteiger partial charge in [0.05, 0.1) is 24.7 Å². The predicted octanol–water partition coefficient (Wildman–Crippen LogP) is 1.08. The minimum atomic E-state index is -0.378. The lowest BCUT2D eigenvalue weighted by atomic mass is 10.1. The molecular weight excluding hydrogens is 297 g/mol. The zero-order valence-corrected chi connectivity index (χ0v) is 13.0. The van der Waals surface area contributed by atoms with Gasteiger partial charge in [-0.3, -0.25) is 4.68 Å². The summed E-state index contributed by atoms with van der Waals surface area (Å²) in [5, 5.41) is 19.1. The van der Waals surface area contributed by atoms with Gasteiger partial charge in [0.15, 0.2) is 5.96 Å². The van der Waals surface area contributed by atoms with Crippen LogP contribution in [0.15, 0.2) is 29.5 Å². The molecule has 2 aromatic rings. The van der Waals surface area contributed by atoms with Crippen LogP contribution in [0.1, 0.15) is 23.9 Å². The van der Waals surface area contributed by atoms with Crippen LogP contribution in [-0.2, 0) is 20.1 Å². The number of halogens is 1. The zero-order valence-electron chi connectivity index (χ0n) is 13.0. The molecule has 0 saturated heterocycles. The number of nitrogens with zero attached hydrogens (tertiary/aromatic N) is 5. The number of nitriles is 1. The standard InChI is InChI=1S/C15H18FN7/c1-3-18-15(20-9-14-21-10-22-23(14)2)19-8-12-6-11(7-17)4-5-13(12)16/h4-6,10H,3,8-9H2,1-2H3,(H2,18,19,20). The first-order valence-corrected chi connectivity index (χ1v) is 7.17. The molecule has 1 aromatic carbocycles. The monoisotopic (exact) mass is 315 g/mol. The number of hydrogen-bond donors (Lipinski definition) is 2. The third kappa shape index (κ3) is 4.51. The zero-order chi connectivity index (χ0) is 16.7. The molecule has 0 bridgehead atoms. The van der Waals surface area contributed by atoms with Crippen molar-refractivity contribution in [3.8, 4) is 6.07 Å². The molecule has 0 aliphatic rings. The molecule has 0 atom stereocenters. The maximum atomic E-state index is 13.8. The van der Waals surface area contributed by atoms with Crippen molar-refractivity contribution in [2.24, 2.45) is 12.0 Å². The Morgan fingerprint density at radius 2 is 2.26 bits per heavy atom. The number of guanidine groups is 1. The molecule has 0 fully saturated rings. The van der Waals surface area contributed by atoms with Crippen molar-refractivity contribution in [1.29, 1.82) is 5.26 Å². The average Bonchev–Trinajstić information content (AvgIpc) is 2.96. The van der Waals surface area contributed by atoms with Crippen LogP contribution >= 0.6 is 0 Å². The van der Waals surface area contributed by atoms with Gasteiger partial charge in [0, 0.05) is 19.2 Å². The van der Waals surface area contributed by atoms with E-state index in [1.807, 2.05) is 13.0 Å². The molecule has 0 radical (unpaired) electrons. The quantitative estimate of drug-likeness (QED) is 0.636. The van der Waals surface area contributed by atoms with Crippen LogP contribution in [0.5, 0.6) is 0 Å². The maximum Gasteiger partial charge on any atom is 0.191 e. The van der Waals surface area contributed by atoms with Gasteiger partial charge < -0.3 is 10.6 Å². The topological polar surface area (TPSA) is 90.9 Å². The highest BCUT2D eigenvalue weighted by molar-refractivity contribution is 5.79. The number of benzene rings is 1. The summed E-state index contributed by atoms with van der Waals surface area (Å²) >= 11 is 0. The van der Waals surface area contributed by atoms with E-state index >= 15 is 0 Å². The third-order valence-electron chi connectivity index (χ3n) is 3.15. The second-order valence-electron chi connectivity index (χ2n) is 4.77. The fourth-order valence-corrected chi connectivity index (χ4v) is 1.91. The molecule has 1 aromatic heterocycles. The summed E-state index contributed by atoms with van der Waals surface area (Å²) in [6.07, 6.45) is 1.48. The highest BCUT2D eigenvalue weighted by atomic mass is 19.1. The first-order chi connectivity index (χ1) is 11.1. The Morgan fingerprint density at radius 3 is 2.91 bits per heavy atom. The van der Waals surface area contributed by atoms with Gasteiger partial charge in [-0.15, -0.1) is 0 Å². The summed E-state index contributed by atoms with van der Waals surface area (Å²) < 4.78 is 15.4. The van der Waals surface area contributed by atoms with Crippen LogP contribution in [0.2, 0.25) is 0 Å². The summed E-state index contributed by atoms with van der Waals surface area (Å²) in [5.41, 5.74) is 0.786. The Hall–Kier alpha value is -2.95. The van der Waals surface area contributed by atoms with Crippen molar-refractivity contribution in [1.82, 2.24) is 25.4 Å². The number of nitrogens with one attached hydrogen (secondary N) is 2. The van der Waals surface area contributed by atoms with Crippen LogP contribution in [0.4, 0.5) is 4.39 Å². The Kier molecular flexibility index (Phi) is 5.63. The van der Waals surface area contributed by atoms with Crippen LogP contribution < -0.4 is 10.6 Å². The normalized spacial score (nSPS) is 11.1. The number of hydrogen-bond acceptors (Lipinski definition) is 4. The first-order valence-electron chi connectivity index (χ1n) is 7.17. The summed E-state index contributed by atoms with van der Waals surface area (Å²) in [5.74, 6) is 0.919. The molecule has 120 valence electrons. The van der Waals surface area contributed by atoms with Crippen LogP contribution in [0.3, 0.4) is 0 Å². The van der Waals surface area contributed by atoms with E-state index in [0.29, 0.717) is 30.2 Å². The molecule has 7 nitrogen and oxygen atoms in total. The van der Waals surface area contributed by atoms with Crippen molar-refractivity contribution in [3.63, 3.8) is 0 Å². The van der Waals surface area contributed by atoms with Crippen molar-refractivity contribution in [2.45, 2.75) is 20.0 Å². The molecule has 0 aliphatic heterocycles. The summed E-state index contributed by atoms with van der Waals surface area (Å²) in [4.78, 5) is 8.45. The predicted molar refractivity (Wildman–Crippen MR) is 83.8 cm³/mol. The lowest BCUT2D eigenvalue weighted by Gasteiger charge is -2.11. The van der Waals surface area contributed by atoms with E-state index in [-0.39, 0.29) is 12.4 Å². The van der Waals surface area contributed by atoms with Gasteiger partial charge in [0.1, 0.15) is 18.0 Å². The molecule has 0 aliphatic carbocycles. The highest BCUT2D eigenvalue weighted by Gasteiger charge is 2.05. The maximum absolute atomic E-state index is 13.8. The number of aromatic nitrogens is 3. The highest BCUT2D eigenvalue weighted by Crippen LogP contribution is 2.11. The molecule has 1 heterocycles. The van der Waals surface area contributed by atoms with E-state index < -0.39 is 0 Å². The van der Waals surface area contributed by atoms with E-state index in [1.165, 1.54) is 24.5 Å². The van der Waals surface area contributed by atoms with Crippen molar-refractivity contribution < 1.29 is 4.39 Å². The van der Waals surface area contributed by atoms with Crippen LogP contribution in [0, 0.1) is 17.1 Å². The second kappa shape index (κ2) is 7.89. The van der Waals surface area contributed by atoms with Gasteiger partial charge in [0.25, 0.3) is 0 Å². The molecule has 0 unspecified atom stereocenters. The van der Waals surface area contributed by atoms with Crippen molar-refractivity contribution in [3.05, 3.63) is 47.3 Å². The molecule has 2 N–H and O–H groups in total. The fraction of sp³-hybridized carbons (Fsp3) is 0.333. The van der Waals surface area contributed by atoms with Gasteiger partial charge >= 0.3 is 0 Å². The molecule has 2 rings (SSSR count).